The lowest BCUT2D eigenvalue weighted by atomic mass is 10.3. The quantitative estimate of drug-likeness (QED) is 0.876. The Morgan fingerprint density at radius 1 is 1.47 bits per heavy atom. The van der Waals surface area contributed by atoms with Gasteiger partial charge in [0, 0.05) is 17.6 Å². The van der Waals surface area contributed by atoms with Crippen LogP contribution in [0.3, 0.4) is 0 Å². The molecule has 5 nitrogen and oxygen atoms in total. The van der Waals surface area contributed by atoms with Gasteiger partial charge in [-0.1, -0.05) is 15.9 Å². The van der Waals surface area contributed by atoms with E-state index in [1.165, 1.54) is 0 Å². The molecular weight excluding hydrogens is 312 g/mol. The highest BCUT2D eigenvalue weighted by atomic mass is 79.9. The van der Waals surface area contributed by atoms with Crippen LogP contribution in [-0.4, -0.2) is 49.8 Å². The minimum Gasteiger partial charge on any atom is -0.491 e. The Morgan fingerprint density at radius 2 is 2.21 bits per heavy atom. The molecule has 6 heteroatoms. The SMILES string of the molecule is NC(=O)CN1CCO[C@@H](COc2ccc(Br)cc2)C1. The first kappa shape index (κ1) is 14.3. The van der Waals surface area contributed by atoms with E-state index < -0.39 is 0 Å². The summed E-state index contributed by atoms with van der Waals surface area (Å²) in [5, 5.41) is 0. The molecule has 2 rings (SSSR count). The van der Waals surface area contributed by atoms with Gasteiger partial charge in [0.05, 0.1) is 13.2 Å². The lowest BCUT2D eigenvalue weighted by Gasteiger charge is -2.31. The maximum absolute atomic E-state index is 10.9. The highest BCUT2D eigenvalue weighted by Crippen LogP contribution is 2.17. The highest BCUT2D eigenvalue weighted by molar-refractivity contribution is 9.10. The summed E-state index contributed by atoms with van der Waals surface area (Å²) in [7, 11) is 0. The molecular formula is C13H17BrN2O3. The highest BCUT2D eigenvalue weighted by Gasteiger charge is 2.21. The summed E-state index contributed by atoms with van der Waals surface area (Å²) in [5.74, 6) is 0.494. The first-order valence-electron chi connectivity index (χ1n) is 6.14. The molecule has 19 heavy (non-hydrogen) atoms. The molecule has 0 spiro atoms. The zero-order valence-electron chi connectivity index (χ0n) is 10.5. The number of nitrogens with two attached hydrogens (primary N) is 1. The van der Waals surface area contributed by atoms with Crippen LogP contribution in [-0.2, 0) is 9.53 Å². The monoisotopic (exact) mass is 328 g/mol. The van der Waals surface area contributed by atoms with Crippen molar-refractivity contribution in [1.82, 2.24) is 4.90 Å². The average molecular weight is 329 g/mol. The van der Waals surface area contributed by atoms with Crippen molar-refractivity contribution in [2.75, 3.05) is 32.8 Å². The second-order valence-electron chi connectivity index (χ2n) is 4.46. The molecule has 0 aliphatic carbocycles. The van der Waals surface area contributed by atoms with Gasteiger partial charge < -0.3 is 15.2 Å². The van der Waals surface area contributed by atoms with E-state index >= 15 is 0 Å². The van der Waals surface area contributed by atoms with Gasteiger partial charge in [-0.2, -0.15) is 0 Å². The van der Waals surface area contributed by atoms with Crippen molar-refractivity contribution in [3.8, 4) is 5.75 Å². The van der Waals surface area contributed by atoms with Crippen molar-refractivity contribution < 1.29 is 14.3 Å². The summed E-state index contributed by atoms with van der Waals surface area (Å²) in [6.07, 6.45) is -0.0308. The molecule has 1 atom stereocenters. The van der Waals surface area contributed by atoms with Gasteiger partial charge in [-0.25, -0.2) is 0 Å². The number of carbonyl (C=O) groups is 1. The second-order valence-corrected chi connectivity index (χ2v) is 5.37. The molecule has 0 unspecified atom stereocenters. The van der Waals surface area contributed by atoms with E-state index in [2.05, 4.69) is 15.9 Å². The number of hydrogen-bond acceptors (Lipinski definition) is 4. The van der Waals surface area contributed by atoms with Crippen LogP contribution in [0.4, 0.5) is 0 Å². The van der Waals surface area contributed by atoms with Crippen LogP contribution >= 0.6 is 15.9 Å². The van der Waals surface area contributed by atoms with Crippen LogP contribution in [0.1, 0.15) is 0 Å². The van der Waals surface area contributed by atoms with Crippen LogP contribution in [0.5, 0.6) is 5.75 Å². The molecule has 1 aliphatic heterocycles. The molecule has 1 aliphatic rings. The lowest BCUT2D eigenvalue weighted by molar-refractivity contribution is -0.121. The van der Waals surface area contributed by atoms with Crippen molar-refractivity contribution >= 4 is 21.8 Å². The summed E-state index contributed by atoms with van der Waals surface area (Å²) < 4.78 is 12.3. The predicted octanol–water partition coefficient (Wildman–Crippen LogP) is 1.01. The van der Waals surface area contributed by atoms with Gasteiger partial charge in [0.15, 0.2) is 0 Å². The number of ether oxygens (including phenoxy) is 2. The third-order valence-electron chi connectivity index (χ3n) is 2.85. The van der Waals surface area contributed by atoms with Crippen molar-refractivity contribution in [2.24, 2.45) is 5.73 Å². The van der Waals surface area contributed by atoms with Crippen molar-refractivity contribution in [1.29, 1.82) is 0 Å². The standard InChI is InChI=1S/C13H17BrN2O3/c14-10-1-3-11(4-2-10)19-9-12-7-16(5-6-18-12)8-13(15)17/h1-4,12H,5-9H2,(H2,15,17)/t12-/m1/s1. The molecule has 0 aromatic heterocycles. The number of benzene rings is 1. The van der Waals surface area contributed by atoms with Gasteiger partial charge in [-0.15, -0.1) is 0 Å². The molecule has 1 fully saturated rings. The van der Waals surface area contributed by atoms with Crippen molar-refractivity contribution in [3.63, 3.8) is 0 Å². The van der Waals surface area contributed by atoms with Gasteiger partial charge in [0.1, 0.15) is 18.5 Å². The van der Waals surface area contributed by atoms with Gasteiger partial charge >= 0.3 is 0 Å². The maximum atomic E-state index is 10.9. The van der Waals surface area contributed by atoms with Crippen LogP contribution < -0.4 is 10.5 Å². The summed E-state index contributed by atoms with van der Waals surface area (Å²) in [5.41, 5.74) is 5.19. The van der Waals surface area contributed by atoms with Crippen LogP contribution in [0.15, 0.2) is 28.7 Å². The third kappa shape index (κ3) is 4.81. The number of carbonyl (C=O) groups excluding carboxylic acids is 1. The van der Waals surface area contributed by atoms with Crippen LogP contribution in [0.25, 0.3) is 0 Å². The number of amides is 1. The van der Waals surface area contributed by atoms with Gasteiger partial charge in [0.25, 0.3) is 0 Å². The molecule has 1 aromatic rings. The fourth-order valence-corrected chi connectivity index (χ4v) is 2.23. The molecule has 0 bridgehead atoms. The second kappa shape index (κ2) is 6.88. The fourth-order valence-electron chi connectivity index (χ4n) is 1.97. The number of primary amides is 1. The van der Waals surface area contributed by atoms with E-state index in [0.29, 0.717) is 19.8 Å². The molecule has 1 amide bonds. The Hall–Kier alpha value is -1.11. The van der Waals surface area contributed by atoms with E-state index in [1.54, 1.807) is 0 Å². The molecule has 1 heterocycles. The zero-order chi connectivity index (χ0) is 13.7. The molecule has 1 saturated heterocycles. The zero-order valence-corrected chi connectivity index (χ0v) is 12.1. The Bertz CT molecular complexity index is 424. The van der Waals surface area contributed by atoms with Crippen LogP contribution in [0.2, 0.25) is 0 Å². The summed E-state index contributed by atoms with van der Waals surface area (Å²) in [6, 6.07) is 7.65. The van der Waals surface area contributed by atoms with E-state index in [1.807, 2.05) is 29.2 Å². The molecule has 1 aromatic carbocycles. The first-order valence-corrected chi connectivity index (χ1v) is 6.93. The van der Waals surface area contributed by atoms with Crippen molar-refractivity contribution in [3.05, 3.63) is 28.7 Å². The van der Waals surface area contributed by atoms with Crippen molar-refractivity contribution in [2.45, 2.75) is 6.10 Å². The molecule has 2 N–H and O–H groups in total. The lowest BCUT2D eigenvalue weighted by Crippen LogP contribution is -2.47. The summed E-state index contributed by atoms with van der Waals surface area (Å²) in [4.78, 5) is 12.9. The minimum absolute atomic E-state index is 0.0308. The van der Waals surface area contributed by atoms with E-state index in [4.69, 9.17) is 15.2 Å². The maximum Gasteiger partial charge on any atom is 0.231 e. The molecule has 104 valence electrons. The Morgan fingerprint density at radius 3 is 2.89 bits per heavy atom. The number of hydrogen-bond donors (Lipinski definition) is 1. The Labute approximate surface area is 120 Å². The number of halogens is 1. The third-order valence-corrected chi connectivity index (χ3v) is 3.38. The van der Waals surface area contributed by atoms with Gasteiger partial charge in [0.2, 0.25) is 5.91 Å². The molecule has 0 saturated carbocycles. The van der Waals surface area contributed by atoms with Gasteiger partial charge in [-0.3, -0.25) is 9.69 Å². The molecule has 0 radical (unpaired) electrons. The normalized spacial score (nSPS) is 20.2. The Kier molecular flexibility index (Phi) is 5.18. The summed E-state index contributed by atoms with van der Waals surface area (Å²) >= 11 is 3.37. The smallest absolute Gasteiger partial charge is 0.231 e. The number of nitrogens with zero attached hydrogens (tertiary/aromatic N) is 1. The Balaban J connectivity index is 1.79. The first-order chi connectivity index (χ1) is 9.13. The summed E-state index contributed by atoms with van der Waals surface area (Å²) in [6.45, 7) is 2.74. The van der Waals surface area contributed by atoms with Gasteiger partial charge in [-0.05, 0) is 24.3 Å². The van der Waals surface area contributed by atoms with E-state index in [-0.39, 0.29) is 18.6 Å². The number of morpholine rings is 1. The minimum atomic E-state index is -0.311. The van der Waals surface area contributed by atoms with E-state index in [9.17, 15) is 4.79 Å². The average Bonchev–Trinajstić information content (AvgIpc) is 2.38. The van der Waals surface area contributed by atoms with Crippen LogP contribution in [0, 0.1) is 0 Å². The predicted molar refractivity (Wildman–Crippen MR) is 75.0 cm³/mol. The fraction of sp³-hybridized carbons (Fsp3) is 0.462. The largest absolute Gasteiger partial charge is 0.491 e. The number of rotatable bonds is 5. The topological polar surface area (TPSA) is 64.8 Å². The van der Waals surface area contributed by atoms with E-state index in [0.717, 1.165) is 16.8 Å².